The Labute approximate surface area is 194 Å². The van der Waals surface area contributed by atoms with E-state index in [-0.39, 0.29) is 17.5 Å². The van der Waals surface area contributed by atoms with E-state index in [1.54, 1.807) is 19.2 Å². The predicted molar refractivity (Wildman–Crippen MR) is 126 cm³/mol. The Morgan fingerprint density at radius 1 is 1.06 bits per heavy atom. The highest BCUT2D eigenvalue weighted by atomic mass is 32.2. The first-order valence-electron chi connectivity index (χ1n) is 9.99. The van der Waals surface area contributed by atoms with Gasteiger partial charge in [0.05, 0.1) is 19.1 Å². The fraction of sp³-hybridized carbons (Fsp3) is 0.0833. The summed E-state index contributed by atoms with van der Waals surface area (Å²) in [5.41, 5.74) is 4.90. The zero-order valence-electron chi connectivity index (χ0n) is 17.7. The molecule has 166 valence electrons. The molecule has 1 heterocycles. The number of rotatable bonds is 8. The van der Waals surface area contributed by atoms with Gasteiger partial charge in [0.15, 0.2) is 11.0 Å². The zero-order valence-corrected chi connectivity index (χ0v) is 18.5. The number of para-hydroxylation sites is 1. The lowest BCUT2D eigenvalue weighted by molar-refractivity contribution is -0.118. The number of amides is 1. The number of hydrogen-bond donors (Lipinski definition) is 1. The minimum absolute atomic E-state index is 0.0916. The van der Waals surface area contributed by atoms with Gasteiger partial charge in [0.25, 0.3) is 5.91 Å². The molecular weight excluding hydrogens is 441 g/mol. The smallest absolute Gasteiger partial charge is 0.250 e. The van der Waals surface area contributed by atoms with Gasteiger partial charge < -0.3 is 4.74 Å². The Hall–Kier alpha value is -3.98. The van der Waals surface area contributed by atoms with Crippen molar-refractivity contribution in [2.45, 2.75) is 5.16 Å². The van der Waals surface area contributed by atoms with Crippen LogP contribution in [-0.4, -0.2) is 39.7 Å². The standard InChI is InChI=1S/C24H20FN5O2S/c1-32-21-13-9-18(10-14-21)23-28-29-24(30(23)20-5-3-2-4-6-20)33-16-22(31)27-26-15-17-7-11-19(25)12-8-17/h2-15H,16H2,1H3,(H,27,31)/b26-15+. The van der Waals surface area contributed by atoms with E-state index < -0.39 is 0 Å². The molecule has 4 rings (SSSR count). The number of benzene rings is 3. The molecule has 0 aliphatic carbocycles. The number of ether oxygens (including phenoxy) is 1. The highest BCUT2D eigenvalue weighted by molar-refractivity contribution is 7.99. The quantitative estimate of drug-likeness (QED) is 0.240. The number of aromatic nitrogens is 3. The van der Waals surface area contributed by atoms with Crippen molar-refractivity contribution in [3.63, 3.8) is 0 Å². The normalized spacial score (nSPS) is 11.0. The maximum atomic E-state index is 13.0. The largest absolute Gasteiger partial charge is 0.497 e. The molecule has 0 saturated carbocycles. The Bertz CT molecular complexity index is 1240. The molecule has 1 aromatic heterocycles. The van der Waals surface area contributed by atoms with E-state index in [4.69, 9.17) is 4.74 Å². The maximum Gasteiger partial charge on any atom is 0.250 e. The molecule has 0 fully saturated rings. The van der Waals surface area contributed by atoms with Crippen molar-refractivity contribution < 1.29 is 13.9 Å². The number of carbonyl (C=O) groups is 1. The third kappa shape index (κ3) is 5.64. The van der Waals surface area contributed by atoms with Gasteiger partial charge in [0.1, 0.15) is 11.6 Å². The number of halogens is 1. The molecule has 0 spiro atoms. The van der Waals surface area contributed by atoms with Crippen LogP contribution in [0.3, 0.4) is 0 Å². The fourth-order valence-electron chi connectivity index (χ4n) is 2.99. The highest BCUT2D eigenvalue weighted by Gasteiger charge is 2.17. The molecule has 1 amide bonds. The topological polar surface area (TPSA) is 81.4 Å². The van der Waals surface area contributed by atoms with Gasteiger partial charge in [-0.25, -0.2) is 9.82 Å². The minimum atomic E-state index is -0.330. The Morgan fingerprint density at radius 2 is 1.79 bits per heavy atom. The van der Waals surface area contributed by atoms with Crippen molar-refractivity contribution in [3.05, 3.63) is 90.2 Å². The van der Waals surface area contributed by atoms with Gasteiger partial charge in [0.2, 0.25) is 0 Å². The molecule has 7 nitrogen and oxygen atoms in total. The van der Waals surface area contributed by atoms with E-state index in [1.165, 1.54) is 30.1 Å². The second-order valence-corrected chi connectivity index (χ2v) is 7.78. The number of carbonyl (C=O) groups excluding carboxylic acids is 1. The molecule has 33 heavy (non-hydrogen) atoms. The number of methoxy groups -OCH3 is 1. The molecule has 3 aromatic carbocycles. The van der Waals surface area contributed by atoms with E-state index in [2.05, 4.69) is 20.7 Å². The molecule has 0 aliphatic rings. The van der Waals surface area contributed by atoms with Gasteiger partial charge in [-0.3, -0.25) is 9.36 Å². The number of thioether (sulfide) groups is 1. The molecule has 0 bridgehead atoms. The summed E-state index contributed by atoms with van der Waals surface area (Å²) in [5.74, 6) is 0.864. The van der Waals surface area contributed by atoms with Crippen molar-refractivity contribution in [2.75, 3.05) is 12.9 Å². The zero-order chi connectivity index (χ0) is 23.0. The van der Waals surface area contributed by atoms with Crippen LogP contribution in [0, 0.1) is 5.82 Å². The summed E-state index contributed by atoms with van der Waals surface area (Å²) in [5, 5.41) is 13.2. The first kappa shape index (κ1) is 22.2. The number of hydrazone groups is 1. The predicted octanol–water partition coefficient (Wildman–Crippen LogP) is 4.32. The van der Waals surface area contributed by atoms with Gasteiger partial charge in [0, 0.05) is 11.3 Å². The third-order valence-corrected chi connectivity index (χ3v) is 5.53. The Morgan fingerprint density at radius 3 is 2.48 bits per heavy atom. The van der Waals surface area contributed by atoms with Crippen LogP contribution in [0.5, 0.6) is 5.75 Å². The third-order valence-electron chi connectivity index (χ3n) is 4.60. The molecule has 0 saturated heterocycles. The van der Waals surface area contributed by atoms with E-state index in [9.17, 15) is 9.18 Å². The van der Waals surface area contributed by atoms with Gasteiger partial charge in [-0.2, -0.15) is 5.10 Å². The Balaban J connectivity index is 1.49. The summed E-state index contributed by atoms with van der Waals surface area (Å²) in [7, 11) is 1.62. The fourth-order valence-corrected chi connectivity index (χ4v) is 3.73. The van der Waals surface area contributed by atoms with E-state index >= 15 is 0 Å². The van der Waals surface area contributed by atoms with Crippen LogP contribution in [0.25, 0.3) is 17.1 Å². The molecule has 0 radical (unpaired) electrons. The van der Waals surface area contributed by atoms with E-state index in [0.29, 0.717) is 16.5 Å². The lowest BCUT2D eigenvalue weighted by atomic mass is 10.2. The van der Waals surface area contributed by atoms with Gasteiger partial charge in [-0.1, -0.05) is 42.1 Å². The lowest BCUT2D eigenvalue weighted by Crippen LogP contribution is -2.20. The van der Waals surface area contributed by atoms with Crippen molar-refractivity contribution in [1.29, 1.82) is 0 Å². The number of nitrogens with zero attached hydrogens (tertiary/aromatic N) is 4. The summed E-state index contributed by atoms with van der Waals surface area (Å²) in [4.78, 5) is 12.3. The minimum Gasteiger partial charge on any atom is -0.497 e. The van der Waals surface area contributed by atoms with Crippen LogP contribution in [0.2, 0.25) is 0 Å². The van der Waals surface area contributed by atoms with Gasteiger partial charge >= 0.3 is 0 Å². The monoisotopic (exact) mass is 461 g/mol. The van der Waals surface area contributed by atoms with Gasteiger partial charge in [-0.05, 0) is 54.1 Å². The van der Waals surface area contributed by atoms with Crippen LogP contribution in [0.15, 0.2) is 89.1 Å². The van der Waals surface area contributed by atoms with Crippen LogP contribution < -0.4 is 10.2 Å². The molecule has 1 N–H and O–H groups in total. The van der Waals surface area contributed by atoms with Crippen LogP contribution in [0.4, 0.5) is 4.39 Å². The Kier molecular flexibility index (Phi) is 7.11. The maximum absolute atomic E-state index is 13.0. The highest BCUT2D eigenvalue weighted by Crippen LogP contribution is 2.28. The second-order valence-electron chi connectivity index (χ2n) is 6.84. The molecule has 0 unspecified atom stereocenters. The summed E-state index contributed by atoms with van der Waals surface area (Å²) < 4.78 is 20.1. The van der Waals surface area contributed by atoms with Crippen molar-refractivity contribution in [2.24, 2.45) is 5.10 Å². The molecule has 4 aromatic rings. The van der Waals surface area contributed by atoms with Crippen LogP contribution in [0.1, 0.15) is 5.56 Å². The van der Waals surface area contributed by atoms with Crippen LogP contribution >= 0.6 is 11.8 Å². The molecule has 9 heteroatoms. The van der Waals surface area contributed by atoms with E-state index in [0.717, 1.165) is 17.0 Å². The van der Waals surface area contributed by atoms with Crippen molar-refractivity contribution in [1.82, 2.24) is 20.2 Å². The summed E-state index contributed by atoms with van der Waals surface area (Å²) in [6.07, 6.45) is 1.45. The summed E-state index contributed by atoms with van der Waals surface area (Å²) >= 11 is 1.25. The summed E-state index contributed by atoms with van der Waals surface area (Å²) in [6.45, 7) is 0. The average Bonchev–Trinajstić information content (AvgIpc) is 3.28. The van der Waals surface area contributed by atoms with Crippen molar-refractivity contribution >= 4 is 23.9 Å². The first-order chi connectivity index (χ1) is 16.1. The van der Waals surface area contributed by atoms with Crippen molar-refractivity contribution in [3.8, 4) is 22.8 Å². The second kappa shape index (κ2) is 10.6. The SMILES string of the molecule is COc1ccc(-c2nnc(SCC(=O)N/N=C/c3ccc(F)cc3)n2-c2ccccc2)cc1. The first-order valence-corrected chi connectivity index (χ1v) is 11.0. The number of nitrogens with one attached hydrogen (secondary N) is 1. The lowest BCUT2D eigenvalue weighted by Gasteiger charge is -2.10. The summed E-state index contributed by atoms with van der Waals surface area (Å²) in [6, 6.07) is 23.0. The number of hydrogen-bond acceptors (Lipinski definition) is 6. The average molecular weight is 462 g/mol. The molecular formula is C24H20FN5O2S. The van der Waals surface area contributed by atoms with Crippen LogP contribution in [-0.2, 0) is 4.79 Å². The molecule has 0 aliphatic heterocycles. The van der Waals surface area contributed by atoms with Gasteiger partial charge in [-0.15, -0.1) is 10.2 Å². The molecule has 0 atom stereocenters. The van der Waals surface area contributed by atoms with E-state index in [1.807, 2.05) is 59.2 Å².